The molecule has 0 bridgehead atoms. The Morgan fingerprint density at radius 2 is 2.33 bits per heavy atom. The van der Waals surface area contributed by atoms with E-state index >= 15 is 0 Å². The first kappa shape index (κ1) is 12.1. The number of nitrogens with two attached hydrogens (primary N) is 1. The molecule has 6 heteroatoms. The number of primary amides is 1. The number of methoxy groups -OCH3 is 1. The van der Waals surface area contributed by atoms with E-state index in [9.17, 15) is 9.18 Å². The van der Waals surface area contributed by atoms with E-state index < -0.39 is 11.9 Å². The number of amides is 1. The average Bonchev–Trinajstić information content (AvgIpc) is 2.72. The van der Waals surface area contributed by atoms with Gasteiger partial charge >= 0.3 is 0 Å². The molecule has 2 heterocycles. The van der Waals surface area contributed by atoms with Crippen molar-refractivity contribution in [1.29, 1.82) is 0 Å². The normalized spacial score (nSPS) is 10.3. The van der Waals surface area contributed by atoms with Crippen molar-refractivity contribution in [3.63, 3.8) is 0 Å². The predicted octanol–water partition coefficient (Wildman–Crippen LogP) is 1.18. The maximum Gasteiger partial charge on any atom is 0.265 e. The Bertz CT molecular complexity index is 580. The molecule has 0 aromatic carbocycles. The van der Waals surface area contributed by atoms with E-state index in [0.717, 1.165) is 0 Å². The molecule has 0 unspecified atom stereocenters. The van der Waals surface area contributed by atoms with Gasteiger partial charge in [-0.15, -0.1) is 0 Å². The van der Waals surface area contributed by atoms with Gasteiger partial charge in [0.1, 0.15) is 11.4 Å². The molecule has 94 valence electrons. The molecular formula is C12H12FN3O2. The second kappa shape index (κ2) is 4.87. The summed E-state index contributed by atoms with van der Waals surface area (Å²) in [5.41, 5.74) is 6.26. The van der Waals surface area contributed by atoms with Gasteiger partial charge in [-0.3, -0.25) is 4.79 Å². The second-order valence-corrected chi connectivity index (χ2v) is 3.74. The van der Waals surface area contributed by atoms with Crippen LogP contribution in [0.25, 0.3) is 0 Å². The van der Waals surface area contributed by atoms with Crippen LogP contribution < -0.4 is 10.5 Å². The van der Waals surface area contributed by atoms with Gasteiger partial charge in [-0.1, -0.05) is 0 Å². The molecule has 0 spiro atoms. The summed E-state index contributed by atoms with van der Waals surface area (Å²) >= 11 is 0. The number of aromatic nitrogens is 2. The monoisotopic (exact) mass is 249 g/mol. The summed E-state index contributed by atoms with van der Waals surface area (Å²) in [6.07, 6.45) is 3.01. The third kappa shape index (κ3) is 2.48. The number of nitrogens with zero attached hydrogens (tertiary/aromatic N) is 2. The van der Waals surface area contributed by atoms with E-state index in [4.69, 9.17) is 10.5 Å². The maximum atomic E-state index is 13.0. The lowest BCUT2D eigenvalue weighted by atomic mass is 10.2. The lowest BCUT2D eigenvalue weighted by molar-refractivity contribution is 0.0992. The van der Waals surface area contributed by atoms with Crippen molar-refractivity contribution in [2.24, 2.45) is 5.73 Å². The quantitative estimate of drug-likeness (QED) is 0.827. The highest BCUT2D eigenvalue weighted by atomic mass is 19.1. The zero-order chi connectivity index (χ0) is 13.1. The number of halogens is 1. The van der Waals surface area contributed by atoms with E-state index in [1.165, 1.54) is 19.4 Å². The van der Waals surface area contributed by atoms with Crippen LogP contribution in [0.4, 0.5) is 4.39 Å². The van der Waals surface area contributed by atoms with Crippen LogP contribution >= 0.6 is 0 Å². The first-order chi connectivity index (χ1) is 8.60. The first-order valence-corrected chi connectivity index (χ1v) is 5.24. The summed E-state index contributed by atoms with van der Waals surface area (Å²) in [5, 5.41) is 0. The number of carbonyl (C=O) groups excluding carboxylic acids is 1. The SMILES string of the molecule is COc1cc(C(N)=O)n(Cc2ccnc(F)c2)c1. The molecule has 0 aliphatic carbocycles. The molecule has 2 N–H and O–H groups in total. The van der Waals surface area contributed by atoms with Crippen molar-refractivity contribution in [2.45, 2.75) is 6.54 Å². The summed E-state index contributed by atoms with van der Waals surface area (Å²) in [6.45, 7) is 0.321. The fourth-order valence-electron chi connectivity index (χ4n) is 1.67. The van der Waals surface area contributed by atoms with E-state index in [0.29, 0.717) is 23.6 Å². The van der Waals surface area contributed by atoms with Crippen molar-refractivity contribution < 1.29 is 13.9 Å². The number of ether oxygens (including phenoxy) is 1. The molecule has 0 fully saturated rings. The molecule has 5 nitrogen and oxygen atoms in total. The zero-order valence-corrected chi connectivity index (χ0v) is 9.76. The van der Waals surface area contributed by atoms with Crippen molar-refractivity contribution in [1.82, 2.24) is 9.55 Å². The number of pyridine rings is 1. The molecule has 18 heavy (non-hydrogen) atoms. The van der Waals surface area contributed by atoms with E-state index in [1.54, 1.807) is 22.9 Å². The molecule has 0 aliphatic rings. The van der Waals surface area contributed by atoms with Crippen molar-refractivity contribution in [3.05, 3.63) is 47.8 Å². The Hall–Kier alpha value is -2.37. The minimum absolute atomic E-state index is 0.309. The highest BCUT2D eigenvalue weighted by Crippen LogP contribution is 2.17. The Kier molecular flexibility index (Phi) is 3.27. The minimum atomic E-state index is -0.563. The topological polar surface area (TPSA) is 70.1 Å². The molecule has 1 amide bonds. The van der Waals surface area contributed by atoms with E-state index in [2.05, 4.69) is 4.98 Å². The highest BCUT2D eigenvalue weighted by molar-refractivity contribution is 5.91. The second-order valence-electron chi connectivity index (χ2n) is 3.74. The summed E-state index contributed by atoms with van der Waals surface area (Å²) in [5.74, 6) is -0.599. The van der Waals surface area contributed by atoms with Gasteiger partial charge in [0, 0.05) is 25.0 Å². The number of hydrogen-bond donors (Lipinski definition) is 1. The van der Waals surface area contributed by atoms with E-state index in [-0.39, 0.29) is 0 Å². The van der Waals surface area contributed by atoms with Gasteiger partial charge in [-0.05, 0) is 17.7 Å². The molecule has 2 rings (SSSR count). The van der Waals surface area contributed by atoms with Crippen LogP contribution in [-0.2, 0) is 6.54 Å². The summed E-state index contributed by atoms with van der Waals surface area (Å²) < 4.78 is 19.6. The summed E-state index contributed by atoms with van der Waals surface area (Å²) in [6, 6.07) is 4.51. The molecule has 0 saturated heterocycles. The Labute approximate surface area is 103 Å². The molecule has 0 radical (unpaired) electrons. The number of rotatable bonds is 4. The van der Waals surface area contributed by atoms with Gasteiger partial charge in [0.15, 0.2) is 0 Å². The van der Waals surface area contributed by atoms with Crippen LogP contribution in [0.15, 0.2) is 30.6 Å². The smallest absolute Gasteiger partial charge is 0.265 e. The molecule has 2 aromatic rings. The van der Waals surface area contributed by atoms with Gasteiger partial charge in [-0.2, -0.15) is 4.39 Å². The standard InChI is InChI=1S/C12H12FN3O2/c1-18-9-5-10(12(14)17)16(7-9)6-8-2-3-15-11(13)4-8/h2-5,7H,6H2,1H3,(H2,14,17). The van der Waals surface area contributed by atoms with Crippen molar-refractivity contribution in [2.75, 3.05) is 7.11 Å². The third-order valence-electron chi connectivity index (χ3n) is 2.50. The number of hydrogen-bond acceptors (Lipinski definition) is 3. The maximum absolute atomic E-state index is 13.0. The number of carbonyl (C=O) groups is 1. The van der Waals surface area contributed by atoms with Crippen LogP contribution in [-0.4, -0.2) is 22.6 Å². The minimum Gasteiger partial charge on any atom is -0.495 e. The van der Waals surface area contributed by atoms with E-state index in [1.807, 2.05) is 0 Å². The van der Waals surface area contributed by atoms with Crippen LogP contribution in [0, 0.1) is 5.95 Å². The van der Waals surface area contributed by atoms with Crippen molar-refractivity contribution >= 4 is 5.91 Å². The third-order valence-corrected chi connectivity index (χ3v) is 2.50. The zero-order valence-electron chi connectivity index (χ0n) is 9.76. The fraction of sp³-hybridized carbons (Fsp3) is 0.167. The Morgan fingerprint density at radius 3 is 2.94 bits per heavy atom. The Morgan fingerprint density at radius 1 is 1.56 bits per heavy atom. The van der Waals surface area contributed by atoms with Crippen molar-refractivity contribution in [3.8, 4) is 5.75 Å². The predicted molar refractivity (Wildman–Crippen MR) is 62.8 cm³/mol. The molecule has 0 atom stereocenters. The first-order valence-electron chi connectivity index (χ1n) is 5.24. The molecule has 2 aromatic heterocycles. The van der Waals surface area contributed by atoms with Gasteiger partial charge in [0.25, 0.3) is 5.91 Å². The van der Waals surface area contributed by atoms with Gasteiger partial charge in [0.2, 0.25) is 5.95 Å². The van der Waals surface area contributed by atoms with Crippen LogP contribution in [0.5, 0.6) is 5.75 Å². The fourth-order valence-corrected chi connectivity index (χ4v) is 1.67. The Balaban J connectivity index is 2.33. The molecule has 0 saturated carbocycles. The van der Waals surface area contributed by atoms with Crippen LogP contribution in [0.1, 0.15) is 16.1 Å². The van der Waals surface area contributed by atoms with Crippen LogP contribution in [0.2, 0.25) is 0 Å². The molecule has 0 aliphatic heterocycles. The summed E-state index contributed by atoms with van der Waals surface area (Å²) in [7, 11) is 1.50. The largest absolute Gasteiger partial charge is 0.495 e. The summed E-state index contributed by atoms with van der Waals surface area (Å²) in [4.78, 5) is 14.7. The van der Waals surface area contributed by atoms with Gasteiger partial charge in [-0.25, -0.2) is 4.98 Å². The van der Waals surface area contributed by atoms with Crippen LogP contribution in [0.3, 0.4) is 0 Å². The molecular weight excluding hydrogens is 237 g/mol. The average molecular weight is 249 g/mol. The lowest BCUT2D eigenvalue weighted by Gasteiger charge is -2.06. The van der Waals surface area contributed by atoms with Gasteiger partial charge in [0.05, 0.1) is 7.11 Å². The van der Waals surface area contributed by atoms with Gasteiger partial charge < -0.3 is 15.0 Å². The highest BCUT2D eigenvalue weighted by Gasteiger charge is 2.11. The lowest BCUT2D eigenvalue weighted by Crippen LogP contribution is -2.16.